The van der Waals surface area contributed by atoms with Gasteiger partial charge in [-0.2, -0.15) is 0 Å². The van der Waals surface area contributed by atoms with Crippen LogP contribution in [0.3, 0.4) is 0 Å². The minimum absolute atomic E-state index is 0.0801. The molecule has 0 radical (unpaired) electrons. The molecule has 0 fully saturated rings. The lowest BCUT2D eigenvalue weighted by Gasteiger charge is -2.08. The summed E-state index contributed by atoms with van der Waals surface area (Å²) in [4.78, 5) is 10.2. The lowest BCUT2D eigenvalue weighted by atomic mass is 10.0. The van der Waals surface area contributed by atoms with Crippen LogP contribution in [-0.4, -0.2) is 9.48 Å². The molecule has 0 spiro atoms. The zero-order chi connectivity index (χ0) is 12.7. The highest BCUT2D eigenvalue weighted by atomic mass is 32.1. The summed E-state index contributed by atoms with van der Waals surface area (Å²) in [6, 6.07) is 3.03. The van der Waals surface area contributed by atoms with Gasteiger partial charge in [-0.25, -0.2) is 0 Å². The smallest absolute Gasteiger partial charge is 0.271 e. The van der Waals surface area contributed by atoms with E-state index < -0.39 is 4.92 Å². The number of hydrogen-bond acceptors (Lipinski definition) is 5. The lowest BCUT2D eigenvalue weighted by Crippen LogP contribution is -2.00. The van der Waals surface area contributed by atoms with E-state index in [4.69, 9.17) is 10.3 Å². The van der Waals surface area contributed by atoms with E-state index >= 15 is 0 Å². The molecule has 1 aromatic carbocycles. The van der Waals surface area contributed by atoms with Crippen molar-refractivity contribution in [2.24, 2.45) is 0 Å². The zero-order valence-electron chi connectivity index (χ0n) is 9.30. The summed E-state index contributed by atoms with van der Waals surface area (Å²) in [6.45, 7) is 3.97. The van der Waals surface area contributed by atoms with E-state index in [-0.39, 0.29) is 5.69 Å². The van der Waals surface area contributed by atoms with E-state index in [2.05, 4.69) is 12.9 Å². The molecule has 0 amide bonds. The Morgan fingerprint density at radius 2 is 1.94 bits per heavy atom. The van der Waals surface area contributed by atoms with Crippen molar-refractivity contribution in [3.05, 3.63) is 33.4 Å². The molecule has 0 aromatic heterocycles. The maximum Gasteiger partial charge on any atom is 0.271 e. The Labute approximate surface area is 100 Å². The molecule has 6 heteroatoms. The van der Waals surface area contributed by atoms with E-state index in [1.54, 1.807) is 6.07 Å². The number of thiol groups is 1. The molecular weight excluding hydrogens is 228 g/mol. The normalized spacial score (nSPS) is 9.25. The fourth-order valence-corrected chi connectivity index (χ4v) is 1.59. The highest BCUT2D eigenvalue weighted by Crippen LogP contribution is 2.25. The van der Waals surface area contributed by atoms with Gasteiger partial charge in [-0.05, 0) is 36.9 Å². The van der Waals surface area contributed by atoms with Crippen LogP contribution < -0.4 is 5.73 Å². The highest BCUT2D eigenvalue weighted by molar-refractivity contribution is 7.74. The summed E-state index contributed by atoms with van der Waals surface area (Å²) >= 11 is 2.53. The fourth-order valence-electron chi connectivity index (χ4n) is 1.59. The molecule has 3 N–H and O–H groups in total. The average Bonchev–Trinajstić information content (AvgIpc) is 2.30. The van der Waals surface area contributed by atoms with E-state index in [0.29, 0.717) is 5.69 Å². The van der Waals surface area contributed by atoms with Crippen LogP contribution in [0.5, 0.6) is 0 Å². The van der Waals surface area contributed by atoms with E-state index in [1.165, 1.54) is 6.07 Å². The minimum atomic E-state index is -0.408. The van der Waals surface area contributed by atoms with Crippen molar-refractivity contribution in [3.8, 4) is 0 Å². The second kappa shape index (κ2) is 7.08. The van der Waals surface area contributed by atoms with Gasteiger partial charge in [-0.3, -0.25) is 10.1 Å². The summed E-state index contributed by atoms with van der Waals surface area (Å²) in [5.74, 6) is 0. The molecule has 1 aromatic rings. The van der Waals surface area contributed by atoms with E-state index in [9.17, 15) is 10.1 Å². The number of nitro groups is 1. The predicted molar refractivity (Wildman–Crippen MR) is 67.9 cm³/mol. The minimum Gasteiger partial charge on any atom is -0.398 e. The van der Waals surface area contributed by atoms with Gasteiger partial charge in [0.05, 0.1) is 4.92 Å². The monoisotopic (exact) mass is 244 g/mol. The van der Waals surface area contributed by atoms with Gasteiger partial charge in [0.2, 0.25) is 0 Å². The molecule has 0 aliphatic heterocycles. The number of aryl methyl sites for hydroxylation is 1. The number of benzene rings is 1. The first kappa shape index (κ1) is 14.7. The Morgan fingerprint density at radius 3 is 2.31 bits per heavy atom. The van der Waals surface area contributed by atoms with Crippen molar-refractivity contribution < 1.29 is 9.48 Å². The number of rotatable bonds is 3. The van der Waals surface area contributed by atoms with Crippen LogP contribution in [0.25, 0.3) is 0 Å². The van der Waals surface area contributed by atoms with Gasteiger partial charge in [0.25, 0.3) is 5.69 Å². The van der Waals surface area contributed by atoms with E-state index in [0.717, 1.165) is 24.0 Å². The number of nitro benzene ring substituents is 1. The maximum atomic E-state index is 10.6. The van der Waals surface area contributed by atoms with Gasteiger partial charge in [-0.15, -0.1) is 0 Å². The number of non-ortho nitro benzene ring substituents is 1. The van der Waals surface area contributed by atoms with Crippen molar-refractivity contribution in [1.29, 1.82) is 0 Å². The van der Waals surface area contributed by atoms with Gasteiger partial charge >= 0.3 is 0 Å². The Bertz CT molecular complexity index is 369. The molecule has 0 bridgehead atoms. The molecule has 0 aliphatic carbocycles. The van der Waals surface area contributed by atoms with Crippen molar-refractivity contribution in [1.82, 2.24) is 0 Å². The standard InChI is InChI=1S/C10H14N2O2.H2OS/c1-3-7-5-8(12(13)14)6-10(11)9(7)4-2;1-2/h5-6H,3-4,11H2,1-2H3;1-2H. The summed E-state index contributed by atoms with van der Waals surface area (Å²) in [7, 11) is 0. The van der Waals surface area contributed by atoms with Gasteiger partial charge in [-0.1, -0.05) is 13.8 Å². The number of nitrogens with two attached hydrogens (primary N) is 1. The Kier molecular flexibility index (Phi) is 6.52. The van der Waals surface area contributed by atoms with Crippen LogP contribution >= 0.6 is 12.9 Å². The first-order valence-electron chi connectivity index (χ1n) is 4.85. The van der Waals surface area contributed by atoms with Crippen LogP contribution in [0, 0.1) is 10.1 Å². The summed E-state index contributed by atoms with van der Waals surface area (Å²) in [6.07, 6.45) is 1.59. The molecule has 0 saturated carbocycles. The van der Waals surface area contributed by atoms with Crippen molar-refractivity contribution in [3.63, 3.8) is 0 Å². The number of anilines is 1. The summed E-state index contributed by atoms with van der Waals surface area (Å²) < 4.78 is 6.69. The van der Waals surface area contributed by atoms with Crippen molar-refractivity contribution in [2.75, 3.05) is 5.73 Å². The van der Waals surface area contributed by atoms with Crippen molar-refractivity contribution in [2.45, 2.75) is 26.7 Å². The largest absolute Gasteiger partial charge is 0.398 e. The van der Waals surface area contributed by atoms with E-state index in [1.807, 2.05) is 13.8 Å². The van der Waals surface area contributed by atoms with Crippen LogP contribution in [0.2, 0.25) is 0 Å². The molecule has 0 unspecified atom stereocenters. The van der Waals surface area contributed by atoms with Gasteiger partial charge in [0.1, 0.15) is 0 Å². The molecule has 1 rings (SSSR count). The zero-order valence-corrected chi connectivity index (χ0v) is 10.2. The fraction of sp³-hybridized carbons (Fsp3) is 0.400. The predicted octanol–water partition coefficient (Wildman–Crippen LogP) is 2.69. The third kappa shape index (κ3) is 3.39. The van der Waals surface area contributed by atoms with Gasteiger partial charge in [0, 0.05) is 17.8 Å². The number of hydrogen-bond donors (Lipinski definition) is 3. The molecular formula is C10H16N2O3S. The molecule has 16 heavy (non-hydrogen) atoms. The third-order valence-corrected chi connectivity index (χ3v) is 2.31. The lowest BCUT2D eigenvalue weighted by molar-refractivity contribution is -0.384. The number of nitrogens with zero attached hydrogens (tertiary/aromatic N) is 1. The average molecular weight is 244 g/mol. The second-order valence-electron chi connectivity index (χ2n) is 3.14. The Hall–Kier alpha value is -1.27. The maximum absolute atomic E-state index is 10.6. The highest BCUT2D eigenvalue weighted by Gasteiger charge is 2.12. The van der Waals surface area contributed by atoms with Crippen LogP contribution in [0.4, 0.5) is 11.4 Å². The molecule has 0 heterocycles. The molecule has 0 saturated heterocycles. The van der Waals surface area contributed by atoms with Crippen LogP contribution in [0.1, 0.15) is 25.0 Å². The Morgan fingerprint density at radius 1 is 1.38 bits per heavy atom. The van der Waals surface area contributed by atoms with Gasteiger partial charge in [0.15, 0.2) is 0 Å². The van der Waals surface area contributed by atoms with Crippen molar-refractivity contribution >= 4 is 24.3 Å². The topological polar surface area (TPSA) is 89.4 Å². The summed E-state index contributed by atoms with van der Waals surface area (Å²) in [5, 5.41) is 10.6. The molecule has 90 valence electrons. The van der Waals surface area contributed by atoms with Crippen LogP contribution in [0.15, 0.2) is 12.1 Å². The Balaban J connectivity index is 0.00000106. The first-order valence-corrected chi connectivity index (χ1v) is 5.25. The molecule has 5 nitrogen and oxygen atoms in total. The third-order valence-electron chi connectivity index (χ3n) is 2.31. The summed E-state index contributed by atoms with van der Waals surface area (Å²) in [5.41, 5.74) is 8.35. The number of nitrogen functional groups attached to an aromatic ring is 1. The first-order chi connectivity index (χ1) is 7.60. The molecule has 0 atom stereocenters. The SMILES string of the molecule is CCc1cc([N+](=O)[O-])cc(N)c1CC.OS. The molecule has 0 aliphatic rings. The van der Waals surface area contributed by atoms with Crippen LogP contribution in [-0.2, 0) is 12.8 Å². The van der Waals surface area contributed by atoms with Gasteiger partial charge < -0.3 is 10.3 Å². The quantitative estimate of drug-likeness (QED) is 0.251. The second-order valence-corrected chi connectivity index (χ2v) is 3.14.